The van der Waals surface area contributed by atoms with Gasteiger partial charge in [0.2, 0.25) is 0 Å². The average Bonchev–Trinajstić information content (AvgIpc) is 2.81. The Hall–Kier alpha value is -0.120. The van der Waals surface area contributed by atoms with Gasteiger partial charge in [-0.15, -0.1) is 0 Å². The quantitative estimate of drug-likeness (QED) is 0.687. The number of hydrogen-bond acceptors (Lipinski definition) is 3. The molecule has 0 heterocycles. The van der Waals surface area contributed by atoms with Crippen molar-refractivity contribution in [2.45, 2.75) is 96.4 Å². The van der Waals surface area contributed by atoms with Crippen molar-refractivity contribution < 1.29 is 15.3 Å². The molecule has 0 aromatic rings. The van der Waals surface area contributed by atoms with E-state index >= 15 is 0 Å². The molecule has 4 rings (SSSR count). The smallest absolute Gasteiger partial charge is 0.0958 e. The summed E-state index contributed by atoms with van der Waals surface area (Å²) >= 11 is 0. The molecule has 4 saturated carbocycles. The van der Waals surface area contributed by atoms with Gasteiger partial charge in [-0.1, -0.05) is 13.8 Å². The van der Waals surface area contributed by atoms with E-state index in [0.29, 0.717) is 23.2 Å². The lowest BCUT2D eigenvalue weighted by Gasteiger charge is -2.61. The summed E-state index contributed by atoms with van der Waals surface area (Å²) in [6.07, 6.45) is 8.99. The van der Waals surface area contributed by atoms with E-state index in [4.69, 9.17) is 0 Å². The fourth-order valence-electron chi connectivity index (χ4n) is 7.97. The normalized spacial score (nSPS) is 58.5. The first-order valence-corrected chi connectivity index (χ1v) is 10.3. The number of aliphatic hydroxyl groups excluding tert-OH is 2. The van der Waals surface area contributed by atoms with Crippen LogP contribution >= 0.6 is 0 Å². The molecule has 0 unspecified atom stereocenters. The van der Waals surface area contributed by atoms with Crippen LogP contribution in [0, 0.1) is 34.5 Å². The molecule has 0 aromatic heterocycles. The zero-order chi connectivity index (χ0) is 17.3. The summed E-state index contributed by atoms with van der Waals surface area (Å²) in [5.74, 6) is 2.69. The van der Waals surface area contributed by atoms with E-state index in [9.17, 15) is 15.3 Å². The van der Waals surface area contributed by atoms with Crippen molar-refractivity contribution in [2.24, 2.45) is 34.5 Å². The van der Waals surface area contributed by atoms with Gasteiger partial charge in [0.15, 0.2) is 0 Å². The van der Waals surface area contributed by atoms with Crippen LogP contribution in [0.25, 0.3) is 0 Å². The van der Waals surface area contributed by atoms with Gasteiger partial charge in [0, 0.05) is 5.41 Å². The van der Waals surface area contributed by atoms with E-state index in [1.54, 1.807) is 6.92 Å². The molecule has 3 N–H and O–H groups in total. The maximum atomic E-state index is 11.3. The van der Waals surface area contributed by atoms with Gasteiger partial charge in [0.05, 0.1) is 17.8 Å². The van der Waals surface area contributed by atoms with E-state index in [1.807, 2.05) is 0 Å². The highest BCUT2D eigenvalue weighted by atomic mass is 16.3. The number of aliphatic hydroxyl groups is 3. The van der Waals surface area contributed by atoms with Crippen LogP contribution in [-0.4, -0.2) is 33.1 Å². The van der Waals surface area contributed by atoms with Gasteiger partial charge in [-0.2, -0.15) is 0 Å². The molecule has 3 heteroatoms. The van der Waals surface area contributed by atoms with Crippen molar-refractivity contribution >= 4 is 0 Å². The SMILES string of the molecule is C[C@H](O)[C@]1(O)CC[C@H]2[C@@H]3CC[C@H]4C[C@@H](O)CC[C@]4(C)[C@H]3CC[C@@]21C. The van der Waals surface area contributed by atoms with Crippen LogP contribution in [0.2, 0.25) is 0 Å². The highest BCUT2D eigenvalue weighted by molar-refractivity contribution is 5.15. The van der Waals surface area contributed by atoms with Crippen LogP contribution in [0.1, 0.15) is 78.6 Å². The van der Waals surface area contributed by atoms with Gasteiger partial charge >= 0.3 is 0 Å². The van der Waals surface area contributed by atoms with Gasteiger partial charge < -0.3 is 15.3 Å². The van der Waals surface area contributed by atoms with Crippen LogP contribution in [0.15, 0.2) is 0 Å². The number of fused-ring (bicyclic) bond motifs is 5. The standard InChI is InChI=1S/C21H36O3/c1-13(22)21(24)11-8-18-16-5-4-14-12-15(23)6-9-19(14,2)17(16)7-10-20(18,21)3/h13-18,22-24H,4-12H2,1-3H3/t13-,14-,15-,16+,17-,18-,19-,20-,21+/m0/s1. The van der Waals surface area contributed by atoms with Crippen LogP contribution in [0.5, 0.6) is 0 Å². The maximum Gasteiger partial charge on any atom is 0.0958 e. The minimum absolute atomic E-state index is 0.0831. The topological polar surface area (TPSA) is 60.7 Å². The Morgan fingerprint density at radius 3 is 2.33 bits per heavy atom. The second kappa shape index (κ2) is 5.44. The summed E-state index contributed by atoms with van der Waals surface area (Å²) in [6.45, 7) is 6.53. The Labute approximate surface area is 146 Å². The summed E-state index contributed by atoms with van der Waals surface area (Å²) < 4.78 is 0. The van der Waals surface area contributed by atoms with E-state index < -0.39 is 11.7 Å². The monoisotopic (exact) mass is 336 g/mol. The van der Waals surface area contributed by atoms with Crippen LogP contribution in [0.3, 0.4) is 0 Å². The van der Waals surface area contributed by atoms with Crippen molar-refractivity contribution in [3.05, 3.63) is 0 Å². The highest BCUT2D eigenvalue weighted by Gasteiger charge is 2.65. The molecule has 4 fully saturated rings. The zero-order valence-electron chi connectivity index (χ0n) is 15.7. The van der Waals surface area contributed by atoms with Crippen LogP contribution in [-0.2, 0) is 0 Å². The molecule has 0 amide bonds. The molecule has 0 bridgehead atoms. The van der Waals surface area contributed by atoms with Crippen molar-refractivity contribution in [1.82, 2.24) is 0 Å². The summed E-state index contributed by atoms with van der Waals surface area (Å²) in [5.41, 5.74) is -0.641. The molecule has 24 heavy (non-hydrogen) atoms. The van der Waals surface area contributed by atoms with Gasteiger partial charge in [0.1, 0.15) is 0 Å². The van der Waals surface area contributed by atoms with Crippen LogP contribution in [0.4, 0.5) is 0 Å². The summed E-state index contributed by atoms with van der Waals surface area (Å²) in [6, 6.07) is 0. The molecule has 0 aromatic carbocycles. The second-order valence-corrected chi connectivity index (χ2v) is 10.2. The van der Waals surface area contributed by atoms with Gasteiger partial charge in [-0.25, -0.2) is 0 Å². The predicted octanol–water partition coefficient (Wildman–Crippen LogP) is 3.50. The molecule has 0 spiro atoms. The van der Waals surface area contributed by atoms with Crippen LogP contribution < -0.4 is 0 Å². The molecule has 0 aliphatic heterocycles. The number of hydrogen-bond donors (Lipinski definition) is 3. The first kappa shape index (κ1) is 17.3. The van der Waals surface area contributed by atoms with E-state index in [2.05, 4.69) is 13.8 Å². The Balaban J connectivity index is 1.63. The lowest BCUT2D eigenvalue weighted by atomic mass is 9.44. The first-order chi connectivity index (χ1) is 11.2. The summed E-state index contributed by atoms with van der Waals surface area (Å²) in [7, 11) is 0. The maximum absolute atomic E-state index is 11.3. The third-order valence-electron chi connectivity index (χ3n) is 9.54. The third kappa shape index (κ3) is 2.07. The Morgan fingerprint density at radius 2 is 1.62 bits per heavy atom. The number of rotatable bonds is 1. The third-order valence-corrected chi connectivity index (χ3v) is 9.54. The minimum atomic E-state index is -0.900. The predicted molar refractivity (Wildman–Crippen MR) is 94.4 cm³/mol. The minimum Gasteiger partial charge on any atom is -0.393 e. The summed E-state index contributed by atoms with van der Waals surface area (Å²) in [5, 5.41) is 31.7. The Kier molecular flexibility index (Phi) is 3.92. The Bertz CT molecular complexity index is 505. The fourth-order valence-corrected chi connectivity index (χ4v) is 7.97. The molecule has 0 radical (unpaired) electrons. The van der Waals surface area contributed by atoms with Gasteiger partial charge in [0.25, 0.3) is 0 Å². The molecule has 9 atom stereocenters. The largest absolute Gasteiger partial charge is 0.393 e. The highest BCUT2D eigenvalue weighted by Crippen LogP contribution is 2.68. The first-order valence-electron chi connectivity index (χ1n) is 10.3. The molecule has 0 saturated heterocycles. The lowest BCUT2D eigenvalue weighted by Crippen LogP contribution is -2.59. The molecular formula is C21H36O3. The zero-order valence-corrected chi connectivity index (χ0v) is 15.7. The van der Waals surface area contributed by atoms with Gasteiger partial charge in [-0.05, 0) is 93.8 Å². The van der Waals surface area contributed by atoms with E-state index in [1.165, 1.54) is 25.7 Å². The molecule has 4 aliphatic carbocycles. The Morgan fingerprint density at radius 1 is 0.917 bits per heavy atom. The summed E-state index contributed by atoms with van der Waals surface area (Å²) in [4.78, 5) is 0. The van der Waals surface area contributed by atoms with Crippen molar-refractivity contribution in [1.29, 1.82) is 0 Å². The second-order valence-electron chi connectivity index (χ2n) is 10.2. The molecule has 138 valence electrons. The van der Waals surface area contributed by atoms with Crippen molar-refractivity contribution in [3.8, 4) is 0 Å². The fraction of sp³-hybridized carbons (Fsp3) is 1.00. The molecule has 4 aliphatic rings. The van der Waals surface area contributed by atoms with Crippen molar-refractivity contribution in [2.75, 3.05) is 0 Å². The molecule has 3 nitrogen and oxygen atoms in total. The molecular weight excluding hydrogens is 300 g/mol. The van der Waals surface area contributed by atoms with E-state index in [-0.39, 0.29) is 11.5 Å². The van der Waals surface area contributed by atoms with Gasteiger partial charge in [-0.3, -0.25) is 0 Å². The average molecular weight is 337 g/mol. The van der Waals surface area contributed by atoms with Crippen molar-refractivity contribution in [3.63, 3.8) is 0 Å². The van der Waals surface area contributed by atoms with E-state index in [0.717, 1.165) is 38.0 Å². The lowest BCUT2D eigenvalue weighted by molar-refractivity contribution is -0.186.